The second kappa shape index (κ2) is 21.0. The molecule has 16 aromatic carbocycles. The smallest absolute Gasteiger partial charge is 0.000695 e. The maximum absolute atomic E-state index is 2.45. The highest BCUT2D eigenvalue weighted by Crippen LogP contribution is 2.53. The molecule has 8 aliphatic carbocycles. The lowest BCUT2D eigenvalue weighted by Crippen LogP contribution is -1.88. The summed E-state index contributed by atoms with van der Waals surface area (Å²) in [5.41, 5.74) is 46.8. The van der Waals surface area contributed by atoms with Crippen LogP contribution in [0.1, 0.15) is 89.0 Å². The Morgan fingerprint density at radius 3 is 0.875 bits per heavy atom. The van der Waals surface area contributed by atoms with Gasteiger partial charge in [0, 0.05) is 0 Å². The van der Waals surface area contributed by atoms with Gasteiger partial charge in [-0.3, -0.25) is 0 Å². The summed E-state index contributed by atoms with van der Waals surface area (Å²) in [6, 6.07) is 109. The predicted octanol–water partition coefficient (Wildman–Crippen LogP) is 23.9. The lowest BCUT2D eigenvalue weighted by Gasteiger charge is -2.11. The second-order valence-electron chi connectivity index (χ2n) is 28.1. The van der Waals surface area contributed by atoms with Crippen LogP contribution in [0.2, 0.25) is 0 Å². The Labute approximate surface area is 560 Å². The van der Waals surface area contributed by atoms with Crippen LogP contribution in [0.5, 0.6) is 0 Å². The highest BCUT2D eigenvalue weighted by atomic mass is 14.4. The third kappa shape index (κ3) is 8.48. The van der Waals surface area contributed by atoms with Crippen molar-refractivity contribution in [1.29, 1.82) is 0 Å². The summed E-state index contributed by atoms with van der Waals surface area (Å²) in [6.45, 7) is 0. The molecule has 24 rings (SSSR count). The summed E-state index contributed by atoms with van der Waals surface area (Å²) in [4.78, 5) is 0. The molecule has 96 heavy (non-hydrogen) atoms. The quantitative estimate of drug-likeness (QED) is 0.142. The Morgan fingerprint density at radius 2 is 0.385 bits per heavy atom. The summed E-state index contributed by atoms with van der Waals surface area (Å²) in [5, 5.41) is 10.8. The molecule has 448 valence electrons. The molecule has 0 heterocycles. The van der Waals surface area contributed by atoms with E-state index in [-0.39, 0.29) is 0 Å². The lowest BCUT2D eigenvalue weighted by atomic mass is 9.93. The third-order valence-electron chi connectivity index (χ3n) is 22.7. The molecule has 0 amide bonds. The van der Waals surface area contributed by atoms with E-state index in [0.717, 1.165) is 51.4 Å². The normalized spacial score (nSPS) is 13.5. The van der Waals surface area contributed by atoms with Gasteiger partial charge in [-0.05, 0) is 315 Å². The van der Waals surface area contributed by atoms with E-state index >= 15 is 0 Å². The Bertz CT molecular complexity index is 6060. The molecule has 0 nitrogen and oxygen atoms in total. The van der Waals surface area contributed by atoms with Gasteiger partial charge in [0.25, 0.3) is 0 Å². The number of rotatable bonds is 0. The SMILES string of the molecule is c1ccc2c(c1)Cc1cc3c(cc1-2)-c1cc2ccccc2cc1C3.c1ccc2c(c1)Cc1cc3c(cc1-2)Cc1cc2ccccc2cc1-3.c1ccc2c(c1)Cc1ccc3c(c1-2)-c1cc2ccccc2cc1C3.c1ccc2c(c1)Cc1ccc3c(c1-2)Cc1cc2ccccc2cc1-3. The molecule has 0 N–H and O–H groups in total. The minimum atomic E-state index is 1.06. The van der Waals surface area contributed by atoms with Crippen molar-refractivity contribution in [3.63, 3.8) is 0 Å². The topological polar surface area (TPSA) is 0 Å². The van der Waals surface area contributed by atoms with Crippen molar-refractivity contribution in [3.05, 3.63) is 380 Å². The molecule has 8 aliphatic rings. The van der Waals surface area contributed by atoms with Crippen LogP contribution in [-0.4, -0.2) is 0 Å². The second-order valence-corrected chi connectivity index (χ2v) is 28.1. The Hall–Kier alpha value is -11.4. The van der Waals surface area contributed by atoms with E-state index < -0.39 is 0 Å². The molecule has 0 spiro atoms. The van der Waals surface area contributed by atoms with Crippen LogP contribution < -0.4 is 0 Å². The van der Waals surface area contributed by atoms with E-state index in [2.05, 4.69) is 291 Å². The van der Waals surface area contributed by atoms with Gasteiger partial charge in [-0.2, -0.15) is 0 Å². The molecule has 0 saturated heterocycles. The molecular formula is C96H64. The number of hydrogen-bond acceptors (Lipinski definition) is 0. The minimum Gasteiger partial charge on any atom is -0.0619 e. The van der Waals surface area contributed by atoms with Crippen LogP contribution in [0.25, 0.3) is 132 Å². The standard InChI is InChI=1S/4C24H16/c1-2-6-16-13-22-18(9-15(16)5-1)11-20-12-19-10-17-7-3-4-8-21(17)23(19)14-24(20)22;1-2-6-16-12-23-18(9-15(16)5-1)11-20-13-22-19(14-24(20)23)10-17-7-3-4-8-21(17)22;1-2-6-16-14-22-20(11-15(16)5-1)13-19-10-9-18-12-17-7-3-4-8-21(17)23(18)24(19)22;1-2-6-16-13-22-19(11-15(16)5-1)14-23-21(22)10-9-18-12-17-7-3-4-8-20(17)24(18)23/h2*1-9,12-14H,10-11H2;1-11,14H,12-13H2;1-11,13H,12,14H2. The van der Waals surface area contributed by atoms with Crippen LogP contribution >= 0.6 is 0 Å². The Kier molecular flexibility index (Phi) is 11.8. The van der Waals surface area contributed by atoms with E-state index in [1.165, 1.54) is 221 Å². The van der Waals surface area contributed by atoms with Gasteiger partial charge in [0.05, 0.1) is 0 Å². The van der Waals surface area contributed by atoms with E-state index in [1.807, 2.05) is 0 Å². The molecule has 0 atom stereocenters. The van der Waals surface area contributed by atoms with Crippen molar-refractivity contribution in [2.45, 2.75) is 51.4 Å². The van der Waals surface area contributed by atoms with Crippen LogP contribution in [-0.2, 0) is 51.4 Å². The fraction of sp³-hybridized carbons (Fsp3) is 0.0833. The van der Waals surface area contributed by atoms with Gasteiger partial charge in [0.1, 0.15) is 0 Å². The van der Waals surface area contributed by atoms with E-state index in [1.54, 1.807) is 0 Å². The molecule has 0 aliphatic heterocycles. The van der Waals surface area contributed by atoms with E-state index in [4.69, 9.17) is 0 Å². The zero-order valence-electron chi connectivity index (χ0n) is 53.4. The number of benzene rings is 16. The van der Waals surface area contributed by atoms with Gasteiger partial charge in [-0.15, -0.1) is 0 Å². The van der Waals surface area contributed by atoms with Gasteiger partial charge >= 0.3 is 0 Å². The van der Waals surface area contributed by atoms with Crippen molar-refractivity contribution in [2.24, 2.45) is 0 Å². The predicted molar refractivity (Wildman–Crippen MR) is 402 cm³/mol. The highest BCUT2D eigenvalue weighted by molar-refractivity contribution is 6.01. The van der Waals surface area contributed by atoms with Gasteiger partial charge in [0.15, 0.2) is 0 Å². The Balaban J connectivity index is 0.0000000849. The summed E-state index contributed by atoms with van der Waals surface area (Å²) in [6.07, 6.45) is 8.56. The number of hydrogen-bond donors (Lipinski definition) is 0. The molecule has 0 aromatic heterocycles. The van der Waals surface area contributed by atoms with E-state index in [0.29, 0.717) is 0 Å². The summed E-state index contributed by atoms with van der Waals surface area (Å²) < 4.78 is 0. The van der Waals surface area contributed by atoms with Gasteiger partial charge in [-0.1, -0.05) is 249 Å². The molecule has 0 heteroatoms. The molecule has 0 fully saturated rings. The van der Waals surface area contributed by atoms with Gasteiger partial charge in [-0.25, -0.2) is 0 Å². The van der Waals surface area contributed by atoms with E-state index in [9.17, 15) is 0 Å². The maximum atomic E-state index is 2.45. The first-order chi connectivity index (χ1) is 47.5. The summed E-state index contributed by atoms with van der Waals surface area (Å²) in [5.74, 6) is 0. The molecule has 0 radical (unpaired) electrons. The molecule has 0 bridgehead atoms. The minimum absolute atomic E-state index is 1.06. The molecule has 16 aromatic rings. The van der Waals surface area contributed by atoms with Crippen molar-refractivity contribution >= 4 is 43.1 Å². The monoisotopic (exact) mass is 1220 g/mol. The molecular weight excluding hydrogens is 1150 g/mol. The summed E-state index contributed by atoms with van der Waals surface area (Å²) >= 11 is 0. The Morgan fingerprint density at radius 1 is 0.125 bits per heavy atom. The fourth-order valence-electron chi connectivity index (χ4n) is 18.2. The third-order valence-corrected chi connectivity index (χ3v) is 22.7. The molecule has 0 saturated carbocycles. The first-order valence-electron chi connectivity index (χ1n) is 34.5. The fourth-order valence-corrected chi connectivity index (χ4v) is 18.2. The van der Waals surface area contributed by atoms with Crippen molar-refractivity contribution in [3.8, 4) is 89.0 Å². The first kappa shape index (κ1) is 54.0. The van der Waals surface area contributed by atoms with Crippen LogP contribution in [0.15, 0.2) is 291 Å². The van der Waals surface area contributed by atoms with Crippen molar-refractivity contribution in [2.75, 3.05) is 0 Å². The largest absolute Gasteiger partial charge is 0.0619 e. The first-order valence-corrected chi connectivity index (χ1v) is 34.5. The van der Waals surface area contributed by atoms with Crippen LogP contribution in [0.3, 0.4) is 0 Å². The van der Waals surface area contributed by atoms with Gasteiger partial charge < -0.3 is 0 Å². The average molecular weight is 1220 g/mol. The maximum Gasteiger partial charge on any atom is -0.000695 e. The van der Waals surface area contributed by atoms with Crippen LogP contribution in [0.4, 0.5) is 0 Å². The van der Waals surface area contributed by atoms with Crippen molar-refractivity contribution in [1.82, 2.24) is 0 Å². The van der Waals surface area contributed by atoms with Crippen LogP contribution in [0, 0.1) is 0 Å². The molecule has 0 unspecified atom stereocenters. The van der Waals surface area contributed by atoms with Crippen molar-refractivity contribution < 1.29 is 0 Å². The summed E-state index contributed by atoms with van der Waals surface area (Å²) in [7, 11) is 0. The average Bonchev–Trinajstić information content (AvgIpc) is 1.60. The van der Waals surface area contributed by atoms with Gasteiger partial charge in [0.2, 0.25) is 0 Å². The zero-order chi connectivity index (χ0) is 62.7. The number of fused-ring (bicyclic) bond motifs is 30. The zero-order valence-corrected chi connectivity index (χ0v) is 53.4. The highest BCUT2D eigenvalue weighted by Gasteiger charge is 2.32. The lowest BCUT2D eigenvalue weighted by molar-refractivity contribution is 1.21.